The molecule has 142 valence electrons. The Kier molecular flexibility index (Phi) is 5.21. The molecule has 1 aromatic heterocycles. The zero-order chi connectivity index (χ0) is 18.8. The lowest BCUT2D eigenvalue weighted by Gasteiger charge is -2.24. The highest BCUT2D eigenvalue weighted by atomic mass is 19.1. The van der Waals surface area contributed by atoms with Crippen molar-refractivity contribution in [1.29, 1.82) is 0 Å². The van der Waals surface area contributed by atoms with Gasteiger partial charge in [0.25, 0.3) is 0 Å². The third-order valence-electron chi connectivity index (χ3n) is 5.46. The van der Waals surface area contributed by atoms with Gasteiger partial charge in [-0.15, -0.1) is 0 Å². The first kappa shape index (κ1) is 18.1. The van der Waals surface area contributed by atoms with Crippen molar-refractivity contribution in [3.63, 3.8) is 0 Å². The number of ketones is 1. The van der Waals surface area contributed by atoms with Gasteiger partial charge in [0, 0.05) is 18.1 Å². The average Bonchev–Trinajstić information content (AvgIpc) is 3.10. The van der Waals surface area contributed by atoms with Gasteiger partial charge in [-0.25, -0.2) is 9.07 Å². The number of rotatable bonds is 4. The average molecular weight is 368 g/mol. The predicted octanol–water partition coefficient (Wildman–Crippen LogP) is 5.24. The number of carbonyl (C=O) groups excluding carboxylic acids is 1. The van der Waals surface area contributed by atoms with Gasteiger partial charge in [0.05, 0.1) is 17.0 Å². The fourth-order valence-corrected chi connectivity index (χ4v) is 3.99. The number of halogens is 1. The van der Waals surface area contributed by atoms with Gasteiger partial charge in [0.15, 0.2) is 12.0 Å². The smallest absolute Gasteiger partial charge is 0.169 e. The van der Waals surface area contributed by atoms with E-state index in [-0.39, 0.29) is 23.5 Å². The summed E-state index contributed by atoms with van der Waals surface area (Å²) in [6.07, 6.45) is 9.43. The van der Waals surface area contributed by atoms with Gasteiger partial charge in [-0.1, -0.05) is 18.2 Å². The summed E-state index contributed by atoms with van der Waals surface area (Å²) in [6, 6.07) is 6.85. The van der Waals surface area contributed by atoms with Crippen LogP contribution in [0.25, 0.3) is 11.3 Å². The van der Waals surface area contributed by atoms with Gasteiger partial charge < -0.3 is 4.74 Å². The summed E-state index contributed by atoms with van der Waals surface area (Å²) < 4.78 is 22.5. The summed E-state index contributed by atoms with van der Waals surface area (Å²) in [5, 5.41) is 4.57. The first-order chi connectivity index (χ1) is 13.1. The number of nitrogens with zero attached hydrogens (tertiary/aromatic N) is 2. The standard InChI is InChI=1S/C22H25FN2O2/c1-15-13-20(25(24-15)21-9-5-6-12-27-21)17-10-11-18(19(23)14-17)22(26)16-7-3-2-4-8-16/h2-3,10-11,13-14,16,21H,4-9,12H2,1H3. The molecule has 1 aliphatic carbocycles. The molecule has 2 atom stereocenters. The molecule has 0 radical (unpaired) electrons. The molecule has 4 nitrogen and oxygen atoms in total. The Bertz CT molecular complexity index is 865. The van der Waals surface area contributed by atoms with Crippen molar-refractivity contribution < 1.29 is 13.9 Å². The van der Waals surface area contributed by atoms with E-state index in [0.717, 1.165) is 55.7 Å². The SMILES string of the molecule is Cc1cc(-c2ccc(C(=O)C3CC=CCC3)c(F)c2)n(C2CCCCO2)n1. The topological polar surface area (TPSA) is 44.1 Å². The maximum Gasteiger partial charge on any atom is 0.169 e. The molecule has 5 heteroatoms. The predicted molar refractivity (Wildman–Crippen MR) is 102 cm³/mol. The second kappa shape index (κ2) is 7.77. The number of ether oxygens (including phenoxy) is 1. The number of carbonyl (C=O) groups is 1. The van der Waals surface area contributed by atoms with Gasteiger partial charge in [-0.2, -0.15) is 5.10 Å². The van der Waals surface area contributed by atoms with Crippen LogP contribution in [0.5, 0.6) is 0 Å². The monoisotopic (exact) mass is 368 g/mol. The molecule has 0 saturated carbocycles. The molecular weight excluding hydrogens is 343 g/mol. The summed E-state index contributed by atoms with van der Waals surface area (Å²) >= 11 is 0. The van der Waals surface area contributed by atoms with Gasteiger partial charge in [0.2, 0.25) is 0 Å². The summed E-state index contributed by atoms with van der Waals surface area (Å²) in [5.74, 6) is -0.663. The van der Waals surface area contributed by atoms with Crippen LogP contribution in [0.4, 0.5) is 4.39 Å². The van der Waals surface area contributed by atoms with Crippen LogP contribution < -0.4 is 0 Å². The zero-order valence-corrected chi connectivity index (χ0v) is 15.7. The third kappa shape index (κ3) is 3.74. The number of aromatic nitrogens is 2. The Balaban J connectivity index is 1.63. The van der Waals surface area contributed by atoms with Crippen LogP contribution >= 0.6 is 0 Å². The first-order valence-electron chi connectivity index (χ1n) is 9.80. The minimum absolute atomic E-state index is 0.0938. The molecule has 0 bridgehead atoms. The van der Waals surface area contributed by atoms with Crippen molar-refractivity contribution in [2.75, 3.05) is 6.61 Å². The molecule has 2 heterocycles. The molecule has 1 saturated heterocycles. The largest absolute Gasteiger partial charge is 0.356 e. The van der Waals surface area contributed by atoms with Crippen LogP contribution in [-0.4, -0.2) is 22.2 Å². The molecule has 1 aromatic carbocycles. The number of aryl methyl sites for hydroxylation is 1. The summed E-state index contributed by atoms with van der Waals surface area (Å²) in [4.78, 5) is 12.7. The van der Waals surface area contributed by atoms with Gasteiger partial charge >= 0.3 is 0 Å². The highest BCUT2D eigenvalue weighted by Gasteiger charge is 2.25. The van der Waals surface area contributed by atoms with Gasteiger partial charge in [-0.3, -0.25) is 4.79 Å². The van der Waals surface area contributed by atoms with Crippen LogP contribution in [0, 0.1) is 18.7 Å². The minimum Gasteiger partial charge on any atom is -0.356 e. The zero-order valence-electron chi connectivity index (χ0n) is 15.7. The lowest BCUT2D eigenvalue weighted by molar-refractivity contribution is -0.0385. The van der Waals surface area contributed by atoms with Crippen molar-refractivity contribution in [2.24, 2.45) is 5.92 Å². The molecule has 0 spiro atoms. The van der Waals surface area contributed by atoms with Crippen molar-refractivity contribution >= 4 is 5.78 Å². The molecule has 2 unspecified atom stereocenters. The van der Waals surface area contributed by atoms with Crippen molar-refractivity contribution in [3.8, 4) is 11.3 Å². The molecule has 1 fully saturated rings. The Morgan fingerprint density at radius 3 is 2.81 bits per heavy atom. The van der Waals surface area contributed by atoms with Crippen LogP contribution in [-0.2, 0) is 4.74 Å². The minimum atomic E-state index is -0.456. The van der Waals surface area contributed by atoms with Crippen molar-refractivity contribution in [2.45, 2.75) is 51.7 Å². The Labute approximate surface area is 159 Å². The van der Waals surface area contributed by atoms with Crippen LogP contribution in [0.15, 0.2) is 36.4 Å². The molecule has 27 heavy (non-hydrogen) atoms. The fraction of sp³-hybridized carbons (Fsp3) is 0.455. The van der Waals surface area contributed by atoms with Crippen LogP contribution in [0.2, 0.25) is 0 Å². The van der Waals surface area contributed by atoms with E-state index in [1.807, 2.05) is 29.8 Å². The summed E-state index contributed by atoms with van der Waals surface area (Å²) in [6.45, 7) is 2.65. The third-order valence-corrected chi connectivity index (χ3v) is 5.46. The lowest BCUT2D eigenvalue weighted by atomic mass is 9.87. The number of hydrogen-bond donors (Lipinski definition) is 0. The molecule has 2 aromatic rings. The van der Waals surface area contributed by atoms with Crippen molar-refractivity contribution in [3.05, 3.63) is 53.5 Å². The summed E-state index contributed by atoms with van der Waals surface area (Å²) in [7, 11) is 0. The molecule has 0 amide bonds. The molecule has 4 rings (SSSR count). The van der Waals surface area contributed by atoms with E-state index in [1.165, 1.54) is 6.07 Å². The van der Waals surface area contributed by atoms with E-state index >= 15 is 0 Å². The van der Waals surface area contributed by atoms with E-state index in [2.05, 4.69) is 11.2 Å². The fourth-order valence-electron chi connectivity index (χ4n) is 3.99. The highest BCUT2D eigenvalue weighted by Crippen LogP contribution is 2.31. The number of Topliss-reactive ketones (excluding diaryl/α,β-unsaturated/α-hetero) is 1. The van der Waals surface area contributed by atoms with Gasteiger partial charge in [0.1, 0.15) is 5.82 Å². The van der Waals surface area contributed by atoms with Crippen LogP contribution in [0.3, 0.4) is 0 Å². The van der Waals surface area contributed by atoms with Crippen molar-refractivity contribution in [1.82, 2.24) is 9.78 Å². The van der Waals surface area contributed by atoms with E-state index in [9.17, 15) is 9.18 Å². The normalized spacial score (nSPS) is 22.7. The highest BCUT2D eigenvalue weighted by molar-refractivity contribution is 5.98. The van der Waals surface area contributed by atoms with E-state index in [4.69, 9.17) is 4.74 Å². The Morgan fingerprint density at radius 1 is 1.22 bits per heavy atom. The van der Waals surface area contributed by atoms with E-state index in [0.29, 0.717) is 6.42 Å². The molecule has 1 aliphatic heterocycles. The second-order valence-corrected chi connectivity index (χ2v) is 7.48. The summed E-state index contributed by atoms with van der Waals surface area (Å²) in [5.41, 5.74) is 2.62. The molecule has 0 N–H and O–H groups in total. The van der Waals surface area contributed by atoms with E-state index in [1.54, 1.807) is 6.07 Å². The Morgan fingerprint density at radius 2 is 2.11 bits per heavy atom. The number of allylic oxidation sites excluding steroid dienone is 2. The van der Waals surface area contributed by atoms with Crippen LogP contribution in [0.1, 0.15) is 60.8 Å². The maximum atomic E-state index is 14.8. The maximum absolute atomic E-state index is 14.8. The molecule has 2 aliphatic rings. The first-order valence-corrected chi connectivity index (χ1v) is 9.80. The van der Waals surface area contributed by atoms with Gasteiger partial charge in [-0.05, 0) is 63.6 Å². The van der Waals surface area contributed by atoms with E-state index < -0.39 is 5.82 Å². The number of hydrogen-bond acceptors (Lipinski definition) is 3. The Hall–Kier alpha value is -2.27. The molecular formula is C22H25FN2O2. The second-order valence-electron chi connectivity index (χ2n) is 7.48. The quantitative estimate of drug-likeness (QED) is 0.548. The lowest BCUT2D eigenvalue weighted by Crippen LogP contribution is -2.20. The number of benzene rings is 1.